The number of hydrogen-bond acceptors (Lipinski definition) is 6. The molecule has 2 aromatic carbocycles. The minimum atomic E-state index is -0.710. The standard InChI is InChI=1S/C27H31NO6/c1-16(2)17-7-9-18(10-8-17)24-23(25(29)19-11-12-21(32-3)22(14-19)33-4)26(30)27(31)28(24)15-20-6-5-13-34-20/h7-12,14,16,20,24,29H,5-6,13,15H2,1-4H3/b25-23-. The Bertz CT molecular complexity index is 1100. The quantitative estimate of drug-likeness (QED) is 0.370. The number of rotatable bonds is 7. The van der Waals surface area contributed by atoms with Crippen LogP contribution in [0.25, 0.3) is 5.76 Å². The van der Waals surface area contributed by atoms with Gasteiger partial charge in [0.05, 0.1) is 31.9 Å². The molecule has 0 aliphatic carbocycles. The zero-order valence-electron chi connectivity index (χ0n) is 20.0. The first-order valence-corrected chi connectivity index (χ1v) is 11.6. The number of carbonyl (C=O) groups is 2. The number of Topliss-reactive ketones (excluding diaryl/α,β-unsaturated/α-hetero) is 1. The molecule has 0 spiro atoms. The number of nitrogens with zero attached hydrogens (tertiary/aromatic N) is 1. The normalized spacial score (nSPS) is 22.0. The smallest absolute Gasteiger partial charge is 0.295 e. The van der Waals surface area contributed by atoms with E-state index in [-0.39, 0.29) is 17.4 Å². The number of carbonyl (C=O) groups excluding carboxylic acids is 2. The molecule has 180 valence electrons. The Morgan fingerprint density at radius 1 is 1.09 bits per heavy atom. The van der Waals surface area contributed by atoms with Gasteiger partial charge in [0.1, 0.15) is 5.76 Å². The van der Waals surface area contributed by atoms with E-state index >= 15 is 0 Å². The number of aliphatic hydroxyl groups is 1. The number of benzene rings is 2. The van der Waals surface area contributed by atoms with Crippen molar-refractivity contribution < 1.29 is 28.9 Å². The summed E-state index contributed by atoms with van der Waals surface area (Å²) in [5.41, 5.74) is 2.35. The minimum Gasteiger partial charge on any atom is -0.507 e. The summed E-state index contributed by atoms with van der Waals surface area (Å²) in [7, 11) is 3.02. The van der Waals surface area contributed by atoms with Crippen LogP contribution in [0.4, 0.5) is 0 Å². The summed E-state index contributed by atoms with van der Waals surface area (Å²) < 4.78 is 16.4. The lowest BCUT2D eigenvalue weighted by atomic mass is 9.93. The second-order valence-electron chi connectivity index (χ2n) is 8.98. The van der Waals surface area contributed by atoms with Gasteiger partial charge in [0.2, 0.25) is 0 Å². The first-order valence-electron chi connectivity index (χ1n) is 11.6. The van der Waals surface area contributed by atoms with Crippen molar-refractivity contribution in [1.29, 1.82) is 0 Å². The maximum absolute atomic E-state index is 13.2. The second kappa shape index (κ2) is 9.89. The highest BCUT2D eigenvalue weighted by molar-refractivity contribution is 6.46. The van der Waals surface area contributed by atoms with Gasteiger partial charge in [0, 0.05) is 18.7 Å². The molecule has 2 aromatic rings. The molecular formula is C27H31NO6. The molecule has 0 aromatic heterocycles. The van der Waals surface area contributed by atoms with E-state index in [9.17, 15) is 14.7 Å². The molecule has 0 radical (unpaired) electrons. The van der Waals surface area contributed by atoms with Gasteiger partial charge >= 0.3 is 0 Å². The summed E-state index contributed by atoms with van der Waals surface area (Å²) in [4.78, 5) is 27.9. The van der Waals surface area contributed by atoms with E-state index in [4.69, 9.17) is 14.2 Å². The fourth-order valence-corrected chi connectivity index (χ4v) is 4.62. The van der Waals surface area contributed by atoms with E-state index in [0.717, 1.165) is 24.0 Å². The van der Waals surface area contributed by atoms with Crippen LogP contribution in [0.3, 0.4) is 0 Å². The average Bonchev–Trinajstić information content (AvgIpc) is 3.45. The largest absolute Gasteiger partial charge is 0.507 e. The summed E-state index contributed by atoms with van der Waals surface area (Å²) >= 11 is 0. The summed E-state index contributed by atoms with van der Waals surface area (Å²) in [6.45, 7) is 5.16. The summed E-state index contributed by atoms with van der Waals surface area (Å²) in [6.07, 6.45) is 1.63. The molecular weight excluding hydrogens is 434 g/mol. The van der Waals surface area contributed by atoms with Gasteiger partial charge in [0.25, 0.3) is 11.7 Å². The number of ketones is 1. The highest BCUT2D eigenvalue weighted by Crippen LogP contribution is 2.41. The van der Waals surface area contributed by atoms with E-state index in [2.05, 4.69) is 13.8 Å². The molecule has 2 aliphatic heterocycles. The average molecular weight is 466 g/mol. The van der Waals surface area contributed by atoms with Crippen molar-refractivity contribution in [2.45, 2.75) is 44.8 Å². The fraction of sp³-hybridized carbons (Fsp3) is 0.407. The first kappa shape index (κ1) is 23.8. The van der Waals surface area contributed by atoms with Gasteiger partial charge in [-0.3, -0.25) is 9.59 Å². The van der Waals surface area contributed by atoms with Crippen LogP contribution in [0.5, 0.6) is 11.5 Å². The highest BCUT2D eigenvalue weighted by Gasteiger charge is 2.47. The van der Waals surface area contributed by atoms with Crippen molar-refractivity contribution in [3.8, 4) is 11.5 Å². The molecule has 2 heterocycles. The second-order valence-corrected chi connectivity index (χ2v) is 8.98. The van der Waals surface area contributed by atoms with Crippen molar-refractivity contribution in [2.75, 3.05) is 27.4 Å². The molecule has 2 saturated heterocycles. The van der Waals surface area contributed by atoms with Crippen molar-refractivity contribution in [3.05, 3.63) is 64.7 Å². The molecule has 0 saturated carbocycles. The van der Waals surface area contributed by atoms with Crippen LogP contribution in [0.15, 0.2) is 48.0 Å². The lowest BCUT2D eigenvalue weighted by Gasteiger charge is -2.27. The minimum absolute atomic E-state index is 0.0625. The van der Waals surface area contributed by atoms with Crippen molar-refractivity contribution in [1.82, 2.24) is 4.90 Å². The van der Waals surface area contributed by atoms with Crippen LogP contribution in [-0.4, -0.2) is 55.2 Å². The molecule has 2 unspecified atom stereocenters. The molecule has 1 amide bonds. The molecule has 2 fully saturated rings. The molecule has 34 heavy (non-hydrogen) atoms. The lowest BCUT2D eigenvalue weighted by molar-refractivity contribution is -0.140. The predicted molar refractivity (Wildman–Crippen MR) is 128 cm³/mol. The Morgan fingerprint density at radius 3 is 2.38 bits per heavy atom. The number of methoxy groups -OCH3 is 2. The molecule has 2 aliphatic rings. The highest BCUT2D eigenvalue weighted by atomic mass is 16.5. The number of aliphatic hydroxyl groups excluding tert-OH is 1. The van der Waals surface area contributed by atoms with Gasteiger partial charge in [-0.2, -0.15) is 0 Å². The summed E-state index contributed by atoms with van der Waals surface area (Å²) in [5, 5.41) is 11.3. The van der Waals surface area contributed by atoms with Gasteiger partial charge in [-0.25, -0.2) is 0 Å². The summed E-state index contributed by atoms with van der Waals surface area (Å²) in [6, 6.07) is 12.0. The van der Waals surface area contributed by atoms with Gasteiger partial charge in [0.15, 0.2) is 11.5 Å². The number of hydrogen-bond donors (Lipinski definition) is 1. The van der Waals surface area contributed by atoms with E-state index in [1.165, 1.54) is 19.1 Å². The van der Waals surface area contributed by atoms with Gasteiger partial charge in [-0.05, 0) is 48.1 Å². The van der Waals surface area contributed by atoms with Crippen LogP contribution in [0, 0.1) is 0 Å². The maximum Gasteiger partial charge on any atom is 0.295 e. The zero-order chi connectivity index (χ0) is 24.4. The first-order chi connectivity index (χ1) is 16.3. The molecule has 7 heteroatoms. The molecule has 1 N–H and O–H groups in total. The monoisotopic (exact) mass is 465 g/mol. The Kier molecular flexibility index (Phi) is 6.93. The lowest BCUT2D eigenvalue weighted by Crippen LogP contribution is -2.36. The third kappa shape index (κ3) is 4.40. The van der Waals surface area contributed by atoms with Crippen LogP contribution < -0.4 is 9.47 Å². The predicted octanol–water partition coefficient (Wildman–Crippen LogP) is 4.43. The van der Waals surface area contributed by atoms with Gasteiger partial charge in [-0.1, -0.05) is 38.1 Å². The van der Waals surface area contributed by atoms with E-state index < -0.39 is 17.7 Å². The molecule has 7 nitrogen and oxygen atoms in total. The van der Waals surface area contributed by atoms with Crippen LogP contribution in [-0.2, 0) is 14.3 Å². The number of amides is 1. The van der Waals surface area contributed by atoms with Crippen molar-refractivity contribution >= 4 is 17.4 Å². The van der Waals surface area contributed by atoms with Crippen molar-refractivity contribution in [2.24, 2.45) is 0 Å². The van der Waals surface area contributed by atoms with E-state index in [1.807, 2.05) is 24.3 Å². The fourth-order valence-electron chi connectivity index (χ4n) is 4.62. The SMILES string of the molecule is COc1ccc(/C(O)=C2/C(=O)C(=O)N(CC3CCCO3)C2c2ccc(C(C)C)cc2)cc1OC. The van der Waals surface area contributed by atoms with Crippen LogP contribution >= 0.6 is 0 Å². The number of likely N-dealkylation sites (tertiary alicyclic amines) is 1. The van der Waals surface area contributed by atoms with Crippen LogP contribution in [0.2, 0.25) is 0 Å². The molecule has 2 atom stereocenters. The molecule has 4 rings (SSSR count). The summed E-state index contributed by atoms with van der Waals surface area (Å²) in [5.74, 6) is -0.318. The topological polar surface area (TPSA) is 85.3 Å². The Morgan fingerprint density at radius 2 is 1.79 bits per heavy atom. The Labute approximate surface area is 199 Å². The molecule has 0 bridgehead atoms. The third-order valence-electron chi connectivity index (χ3n) is 6.54. The van der Waals surface area contributed by atoms with Gasteiger partial charge in [-0.15, -0.1) is 0 Å². The van der Waals surface area contributed by atoms with E-state index in [0.29, 0.717) is 36.1 Å². The van der Waals surface area contributed by atoms with Crippen LogP contribution in [0.1, 0.15) is 55.3 Å². The maximum atomic E-state index is 13.2. The van der Waals surface area contributed by atoms with E-state index in [1.54, 1.807) is 18.2 Å². The Balaban J connectivity index is 1.82. The Hall–Kier alpha value is -3.32. The van der Waals surface area contributed by atoms with Crippen molar-refractivity contribution in [3.63, 3.8) is 0 Å². The number of ether oxygens (including phenoxy) is 3. The third-order valence-corrected chi connectivity index (χ3v) is 6.54. The van der Waals surface area contributed by atoms with Gasteiger partial charge < -0.3 is 24.2 Å². The zero-order valence-corrected chi connectivity index (χ0v) is 20.0.